The Morgan fingerprint density at radius 3 is 2.24 bits per heavy atom. The van der Waals surface area contributed by atoms with Crippen LogP contribution in [0.3, 0.4) is 0 Å². The van der Waals surface area contributed by atoms with E-state index in [1.807, 2.05) is 6.07 Å². The highest BCUT2D eigenvalue weighted by Gasteiger charge is 2.10. The van der Waals surface area contributed by atoms with Crippen molar-refractivity contribution in [3.05, 3.63) is 77.6 Å². The molecule has 1 heterocycles. The van der Waals surface area contributed by atoms with Gasteiger partial charge in [-0.25, -0.2) is 9.97 Å². The first kappa shape index (κ1) is 16.3. The number of carbonyl (C=O) groups excluding carboxylic acids is 2. The second kappa shape index (κ2) is 6.92. The predicted octanol–water partition coefficient (Wildman–Crippen LogP) is 2.80. The Labute approximate surface area is 144 Å². The number of carbonyl (C=O) groups is 2. The zero-order valence-electron chi connectivity index (χ0n) is 13.6. The number of aryl methyl sites for hydroxylation is 1. The van der Waals surface area contributed by atoms with Gasteiger partial charge in [-0.05, 0) is 31.2 Å². The van der Waals surface area contributed by atoms with E-state index in [-0.39, 0.29) is 5.91 Å². The molecule has 2 aromatic carbocycles. The van der Waals surface area contributed by atoms with Crippen LogP contribution in [0.1, 0.15) is 26.4 Å². The fourth-order valence-corrected chi connectivity index (χ4v) is 2.30. The lowest BCUT2D eigenvalue weighted by Crippen LogP contribution is -2.13. The zero-order chi connectivity index (χ0) is 17.8. The lowest BCUT2D eigenvalue weighted by Gasteiger charge is -2.09. The van der Waals surface area contributed by atoms with Crippen LogP contribution in [0, 0.1) is 6.92 Å². The van der Waals surface area contributed by atoms with Gasteiger partial charge in [0, 0.05) is 16.7 Å². The highest BCUT2D eigenvalue weighted by atomic mass is 16.2. The molecule has 0 saturated carbocycles. The van der Waals surface area contributed by atoms with Crippen LogP contribution in [0.15, 0.2) is 60.8 Å². The van der Waals surface area contributed by atoms with Gasteiger partial charge in [-0.2, -0.15) is 0 Å². The molecule has 6 heteroatoms. The minimum atomic E-state index is -0.484. The average molecular weight is 332 g/mol. The van der Waals surface area contributed by atoms with Gasteiger partial charge in [-0.3, -0.25) is 9.59 Å². The van der Waals surface area contributed by atoms with Crippen LogP contribution >= 0.6 is 0 Å². The third kappa shape index (κ3) is 3.69. The first-order valence-electron chi connectivity index (χ1n) is 7.65. The Balaban J connectivity index is 1.81. The van der Waals surface area contributed by atoms with E-state index in [1.165, 1.54) is 0 Å². The lowest BCUT2D eigenvalue weighted by atomic mass is 10.1. The van der Waals surface area contributed by atoms with E-state index in [4.69, 9.17) is 5.73 Å². The van der Waals surface area contributed by atoms with Gasteiger partial charge in [0.2, 0.25) is 5.91 Å². The van der Waals surface area contributed by atoms with Crippen molar-refractivity contribution in [1.29, 1.82) is 0 Å². The molecule has 0 unspecified atom stereocenters. The molecule has 2 amide bonds. The van der Waals surface area contributed by atoms with Gasteiger partial charge < -0.3 is 11.1 Å². The molecule has 0 bridgehead atoms. The van der Waals surface area contributed by atoms with Gasteiger partial charge in [-0.15, -0.1) is 0 Å². The number of nitrogens with zero attached hydrogens (tertiary/aromatic N) is 2. The molecule has 0 spiro atoms. The first-order chi connectivity index (χ1) is 12.0. The Bertz CT molecular complexity index is 922. The van der Waals surface area contributed by atoms with E-state index in [9.17, 15) is 9.59 Å². The molecule has 3 aromatic rings. The SMILES string of the molecule is Cc1nc(-c2ccc(C(N)=O)cc2)ncc1NC(=O)c1ccccc1. The van der Waals surface area contributed by atoms with E-state index in [0.29, 0.717) is 28.3 Å². The normalized spacial score (nSPS) is 10.3. The van der Waals surface area contributed by atoms with Crippen molar-refractivity contribution in [2.24, 2.45) is 5.73 Å². The van der Waals surface area contributed by atoms with E-state index < -0.39 is 5.91 Å². The topological polar surface area (TPSA) is 98.0 Å². The summed E-state index contributed by atoms with van der Waals surface area (Å²) in [5.41, 5.74) is 8.17. The minimum Gasteiger partial charge on any atom is -0.366 e. The summed E-state index contributed by atoms with van der Waals surface area (Å²) in [7, 11) is 0. The largest absolute Gasteiger partial charge is 0.366 e. The van der Waals surface area contributed by atoms with Gasteiger partial charge in [0.15, 0.2) is 5.82 Å². The third-order valence-electron chi connectivity index (χ3n) is 3.69. The van der Waals surface area contributed by atoms with Gasteiger partial charge in [-0.1, -0.05) is 30.3 Å². The molecular formula is C19H16N4O2. The molecule has 1 aromatic heterocycles. The Morgan fingerprint density at radius 2 is 1.64 bits per heavy atom. The highest BCUT2D eigenvalue weighted by molar-refractivity contribution is 6.04. The molecule has 124 valence electrons. The Hall–Kier alpha value is -3.54. The summed E-state index contributed by atoms with van der Waals surface area (Å²) < 4.78 is 0. The van der Waals surface area contributed by atoms with Crippen LogP contribution in [-0.4, -0.2) is 21.8 Å². The summed E-state index contributed by atoms with van der Waals surface area (Å²) in [6, 6.07) is 15.6. The van der Waals surface area contributed by atoms with Crippen LogP contribution < -0.4 is 11.1 Å². The van der Waals surface area contributed by atoms with Crippen molar-refractivity contribution in [3.8, 4) is 11.4 Å². The number of nitrogens with one attached hydrogen (secondary N) is 1. The average Bonchev–Trinajstić information content (AvgIpc) is 2.64. The number of amides is 2. The van der Waals surface area contributed by atoms with Gasteiger partial charge in [0.25, 0.3) is 5.91 Å². The van der Waals surface area contributed by atoms with E-state index in [2.05, 4.69) is 15.3 Å². The lowest BCUT2D eigenvalue weighted by molar-refractivity contribution is 0.0997. The Kier molecular flexibility index (Phi) is 4.52. The number of nitrogens with two attached hydrogens (primary N) is 1. The molecule has 0 saturated heterocycles. The van der Waals surface area contributed by atoms with Crippen molar-refractivity contribution in [1.82, 2.24) is 9.97 Å². The van der Waals surface area contributed by atoms with Crippen molar-refractivity contribution in [2.75, 3.05) is 5.32 Å². The molecule has 25 heavy (non-hydrogen) atoms. The van der Waals surface area contributed by atoms with E-state index in [0.717, 1.165) is 5.56 Å². The fraction of sp³-hybridized carbons (Fsp3) is 0.0526. The number of rotatable bonds is 4. The second-order valence-corrected chi connectivity index (χ2v) is 5.45. The Morgan fingerprint density at radius 1 is 0.960 bits per heavy atom. The molecule has 0 atom stereocenters. The molecule has 0 fully saturated rings. The van der Waals surface area contributed by atoms with Crippen LogP contribution in [0.5, 0.6) is 0 Å². The zero-order valence-corrected chi connectivity index (χ0v) is 13.6. The van der Waals surface area contributed by atoms with Crippen molar-refractivity contribution in [3.63, 3.8) is 0 Å². The monoisotopic (exact) mass is 332 g/mol. The van der Waals surface area contributed by atoms with Crippen molar-refractivity contribution in [2.45, 2.75) is 6.92 Å². The highest BCUT2D eigenvalue weighted by Crippen LogP contribution is 2.19. The molecule has 6 nitrogen and oxygen atoms in total. The first-order valence-corrected chi connectivity index (χ1v) is 7.65. The van der Waals surface area contributed by atoms with E-state index in [1.54, 1.807) is 61.7 Å². The maximum Gasteiger partial charge on any atom is 0.255 e. The number of primary amides is 1. The fourth-order valence-electron chi connectivity index (χ4n) is 2.30. The molecule has 3 N–H and O–H groups in total. The van der Waals surface area contributed by atoms with Crippen LogP contribution in [0.25, 0.3) is 11.4 Å². The summed E-state index contributed by atoms with van der Waals surface area (Å²) in [6.07, 6.45) is 1.57. The molecular weight excluding hydrogens is 316 g/mol. The predicted molar refractivity (Wildman–Crippen MR) is 95.1 cm³/mol. The van der Waals surface area contributed by atoms with Crippen molar-refractivity contribution >= 4 is 17.5 Å². The third-order valence-corrected chi connectivity index (χ3v) is 3.69. The molecule has 0 radical (unpaired) electrons. The number of hydrogen-bond donors (Lipinski definition) is 2. The summed E-state index contributed by atoms with van der Waals surface area (Å²) in [5, 5.41) is 2.80. The maximum absolute atomic E-state index is 12.2. The molecule has 0 aliphatic rings. The van der Waals surface area contributed by atoms with E-state index >= 15 is 0 Å². The number of anilines is 1. The summed E-state index contributed by atoms with van der Waals surface area (Å²) in [5.74, 6) is -0.195. The summed E-state index contributed by atoms with van der Waals surface area (Å²) >= 11 is 0. The molecule has 0 aliphatic carbocycles. The molecule has 0 aliphatic heterocycles. The van der Waals surface area contributed by atoms with Crippen LogP contribution in [0.2, 0.25) is 0 Å². The van der Waals surface area contributed by atoms with Gasteiger partial charge in [0.1, 0.15) is 0 Å². The maximum atomic E-state index is 12.2. The smallest absolute Gasteiger partial charge is 0.255 e. The minimum absolute atomic E-state index is 0.217. The van der Waals surface area contributed by atoms with Gasteiger partial charge >= 0.3 is 0 Å². The number of hydrogen-bond acceptors (Lipinski definition) is 4. The molecule has 3 rings (SSSR count). The summed E-state index contributed by atoms with van der Waals surface area (Å²) in [6.45, 7) is 1.80. The van der Waals surface area contributed by atoms with Crippen LogP contribution in [-0.2, 0) is 0 Å². The number of benzene rings is 2. The quantitative estimate of drug-likeness (QED) is 0.767. The summed E-state index contributed by atoms with van der Waals surface area (Å²) in [4.78, 5) is 32.0. The van der Waals surface area contributed by atoms with Crippen molar-refractivity contribution < 1.29 is 9.59 Å². The standard InChI is InChI=1S/C19H16N4O2/c1-12-16(23-19(25)15-5-3-2-4-6-15)11-21-18(22-12)14-9-7-13(8-10-14)17(20)24/h2-11H,1H3,(H2,20,24)(H,23,25). The number of aromatic nitrogens is 2. The van der Waals surface area contributed by atoms with Gasteiger partial charge in [0.05, 0.1) is 17.6 Å². The second-order valence-electron chi connectivity index (χ2n) is 5.45. The van der Waals surface area contributed by atoms with Crippen LogP contribution in [0.4, 0.5) is 5.69 Å².